The van der Waals surface area contributed by atoms with Crippen molar-refractivity contribution >= 4 is 40.7 Å². The number of carbonyl (C=O) groups excluding carboxylic acids is 3. The van der Waals surface area contributed by atoms with Crippen LogP contribution in [0, 0.1) is 11.8 Å². The van der Waals surface area contributed by atoms with E-state index in [1.807, 2.05) is 59.5 Å². The van der Waals surface area contributed by atoms with E-state index in [1.54, 1.807) is 24.3 Å². The van der Waals surface area contributed by atoms with Crippen LogP contribution in [0.2, 0.25) is 5.02 Å². The van der Waals surface area contributed by atoms with Crippen LogP contribution in [0.15, 0.2) is 78.9 Å². The minimum Gasteiger partial charge on any atom is -0.306 e. The molecule has 1 spiro atoms. The summed E-state index contributed by atoms with van der Waals surface area (Å²) >= 11 is 6.07. The summed E-state index contributed by atoms with van der Waals surface area (Å²) in [6.07, 6.45) is 1.69. The monoisotopic (exact) mass is 497 g/mol. The molecule has 4 heterocycles. The van der Waals surface area contributed by atoms with Crippen molar-refractivity contribution in [2.24, 2.45) is 11.8 Å². The molecular formula is C29H24ClN3O3. The van der Waals surface area contributed by atoms with Crippen molar-refractivity contribution in [1.29, 1.82) is 0 Å². The van der Waals surface area contributed by atoms with Gasteiger partial charge in [0.1, 0.15) is 5.54 Å². The third-order valence-electron chi connectivity index (χ3n) is 8.41. The Morgan fingerprint density at radius 2 is 1.58 bits per heavy atom. The number of carbonyl (C=O) groups is 3. The van der Waals surface area contributed by atoms with Crippen molar-refractivity contribution in [2.45, 2.75) is 31.0 Å². The van der Waals surface area contributed by atoms with Gasteiger partial charge in [0.15, 0.2) is 0 Å². The van der Waals surface area contributed by atoms with Gasteiger partial charge in [-0.3, -0.25) is 19.3 Å². The van der Waals surface area contributed by atoms with E-state index in [2.05, 4.69) is 4.90 Å². The number of imide groups is 1. The Morgan fingerprint density at radius 1 is 0.861 bits per heavy atom. The van der Waals surface area contributed by atoms with Gasteiger partial charge in [-0.15, -0.1) is 0 Å². The van der Waals surface area contributed by atoms with Crippen LogP contribution in [0.25, 0.3) is 0 Å². The van der Waals surface area contributed by atoms with Crippen LogP contribution in [0.3, 0.4) is 0 Å². The fraction of sp³-hybridized carbons (Fsp3) is 0.276. The van der Waals surface area contributed by atoms with Crippen LogP contribution in [-0.2, 0) is 26.5 Å². The fourth-order valence-electron chi connectivity index (χ4n) is 7.11. The summed E-state index contributed by atoms with van der Waals surface area (Å²) in [6.45, 7) is 1.11. The summed E-state index contributed by atoms with van der Waals surface area (Å²) in [6, 6.07) is 24.3. The van der Waals surface area contributed by atoms with E-state index in [1.165, 1.54) is 4.90 Å². The van der Waals surface area contributed by atoms with E-state index in [0.29, 0.717) is 23.8 Å². The molecule has 4 aliphatic rings. The Morgan fingerprint density at radius 3 is 2.36 bits per heavy atom. The third kappa shape index (κ3) is 2.69. The SMILES string of the molecule is O=C1[C@@H]2[C@@H]3CCCN3[C@]3(C(=O)N(Cc4ccccc4)c4ccccc43)[C@H]2C(=O)N1c1ccc(Cl)cc1. The summed E-state index contributed by atoms with van der Waals surface area (Å²) in [5, 5.41) is 0.535. The van der Waals surface area contributed by atoms with Crippen LogP contribution in [0.1, 0.15) is 24.0 Å². The summed E-state index contributed by atoms with van der Waals surface area (Å²) in [7, 11) is 0. The molecule has 7 rings (SSSR count). The van der Waals surface area contributed by atoms with E-state index in [-0.39, 0.29) is 23.8 Å². The van der Waals surface area contributed by atoms with E-state index < -0.39 is 17.4 Å². The van der Waals surface area contributed by atoms with E-state index in [4.69, 9.17) is 11.6 Å². The first-order valence-electron chi connectivity index (χ1n) is 12.4. The van der Waals surface area contributed by atoms with Crippen LogP contribution >= 0.6 is 11.6 Å². The number of benzene rings is 3. The van der Waals surface area contributed by atoms with Gasteiger partial charge in [0, 0.05) is 22.3 Å². The Bertz CT molecular complexity index is 1410. The standard InChI is InChI=1S/C29H24ClN3O3/c30-19-12-14-20(15-13-19)33-26(34)24-23-11-6-16-32(23)29(25(24)27(33)35)21-9-4-5-10-22(21)31(28(29)36)17-18-7-2-1-3-8-18/h1-5,7-10,12-15,23-25H,6,11,16-17H2/t23-,24+,25+,29-/m0/s1. The van der Waals surface area contributed by atoms with E-state index >= 15 is 0 Å². The molecule has 4 aliphatic heterocycles. The molecule has 3 saturated heterocycles. The van der Waals surface area contributed by atoms with Gasteiger partial charge in [0.05, 0.1) is 24.1 Å². The molecule has 6 nitrogen and oxygen atoms in total. The maximum atomic E-state index is 14.6. The van der Waals surface area contributed by atoms with E-state index in [9.17, 15) is 14.4 Å². The number of rotatable bonds is 3. The molecule has 0 saturated carbocycles. The second-order valence-electron chi connectivity index (χ2n) is 10.1. The van der Waals surface area contributed by atoms with Gasteiger partial charge in [-0.05, 0) is 55.3 Å². The van der Waals surface area contributed by atoms with Crippen molar-refractivity contribution in [3.63, 3.8) is 0 Å². The van der Waals surface area contributed by atoms with Gasteiger partial charge in [0.2, 0.25) is 11.8 Å². The molecule has 0 aromatic heterocycles. The maximum absolute atomic E-state index is 14.6. The van der Waals surface area contributed by atoms with Gasteiger partial charge in [-0.2, -0.15) is 0 Å². The van der Waals surface area contributed by atoms with Crippen molar-refractivity contribution in [3.05, 3.63) is 95.0 Å². The zero-order valence-corrected chi connectivity index (χ0v) is 20.3. The molecule has 3 aromatic rings. The summed E-state index contributed by atoms with van der Waals surface area (Å²) in [4.78, 5) is 47.9. The number of anilines is 2. The second kappa shape index (κ2) is 7.76. The molecular weight excluding hydrogens is 474 g/mol. The number of amides is 3. The Kier molecular flexibility index (Phi) is 4.69. The molecule has 0 unspecified atom stereocenters. The van der Waals surface area contributed by atoms with Crippen LogP contribution in [0.4, 0.5) is 11.4 Å². The average molecular weight is 498 g/mol. The van der Waals surface area contributed by atoms with Crippen molar-refractivity contribution in [1.82, 2.24) is 4.90 Å². The lowest BCUT2D eigenvalue weighted by atomic mass is 9.75. The lowest BCUT2D eigenvalue weighted by Gasteiger charge is -2.37. The Labute approximate surface area is 214 Å². The number of nitrogens with zero attached hydrogens (tertiary/aromatic N) is 3. The number of para-hydroxylation sites is 1. The first kappa shape index (κ1) is 21.8. The highest BCUT2D eigenvalue weighted by molar-refractivity contribution is 6.31. The highest BCUT2D eigenvalue weighted by atomic mass is 35.5. The molecule has 180 valence electrons. The maximum Gasteiger partial charge on any atom is 0.253 e. The smallest absolute Gasteiger partial charge is 0.253 e. The molecule has 3 amide bonds. The minimum absolute atomic E-state index is 0.106. The van der Waals surface area contributed by atoms with Gasteiger partial charge >= 0.3 is 0 Å². The average Bonchev–Trinajstić information content (AvgIpc) is 3.60. The molecule has 4 atom stereocenters. The second-order valence-corrected chi connectivity index (χ2v) is 10.5. The highest BCUT2D eigenvalue weighted by Crippen LogP contribution is 2.62. The van der Waals surface area contributed by atoms with Gasteiger partial charge in [-0.25, -0.2) is 4.90 Å². The van der Waals surface area contributed by atoms with Gasteiger partial charge < -0.3 is 4.90 Å². The third-order valence-corrected chi connectivity index (χ3v) is 8.66. The van der Waals surface area contributed by atoms with Crippen molar-refractivity contribution < 1.29 is 14.4 Å². The predicted octanol–water partition coefficient (Wildman–Crippen LogP) is 4.37. The molecule has 0 radical (unpaired) electrons. The zero-order valence-electron chi connectivity index (χ0n) is 19.5. The normalized spacial score (nSPS) is 28.8. The topological polar surface area (TPSA) is 60.9 Å². The van der Waals surface area contributed by atoms with Gasteiger partial charge in [-0.1, -0.05) is 60.1 Å². The minimum atomic E-state index is -1.18. The Balaban J connectivity index is 1.39. The molecule has 7 heteroatoms. The lowest BCUT2D eigenvalue weighted by molar-refractivity contribution is -0.137. The first-order chi connectivity index (χ1) is 17.5. The number of fused-ring (bicyclic) bond motifs is 7. The molecule has 0 N–H and O–H groups in total. The predicted molar refractivity (Wildman–Crippen MR) is 136 cm³/mol. The van der Waals surface area contributed by atoms with Crippen LogP contribution < -0.4 is 9.80 Å². The molecule has 36 heavy (non-hydrogen) atoms. The summed E-state index contributed by atoms with van der Waals surface area (Å²) in [5.41, 5.74) is 2.00. The highest BCUT2D eigenvalue weighted by Gasteiger charge is 2.75. The fourth-order valence-corrected chi connectivity index (χ4v) is 7.23. The summed E-state index contributed by atoms with van der Waals surface area (Å²) < 4.78 is 0. The number of halogens is 1. The lowest BCUT2D eigenvalue weighted by Crippen LogP contribution is -2.55. The largest absolute Gasteiger partial charge is 0.306 e. The van der Waals surface area contributed by atoms with Crippen LogP contribution in [0.5, 0.6) is 0 Å². The van der Waals surface area contributed by atoms with Crippen LogP contribution in [-0.4, -0.2) is 35.2 Å². The number of hydrogen-bond acceptors (Lipinski definition) is 4. The molecule has 0 bridgehead atoms. The van der Waals surface area contributed by atoms with E-state index in [0.717, 1.165) is 29.7 Å². The van der Waals surface area contributed by atoms with Gasteiger partial charge in [0.25, 0.3) is 5.91 Å². The zero-order chi connectivity index (χ0) is 24.6. The Hall–Kier alpha value is -3.48. The first-order valence-corrected chi connectivity index (χ1v) is 12.8. The number of hydrogen-bond donors (Lipinski definition) is 0. The van der Waals surface area contributed by atoms with Crippen molar-refractivity contribution in [2.75, 3.05) is 16.3 Å². The summed E-state index contributed by atoms with van der Waals surface area (Å²) in [5.74, 6) is -1.94. The molecule has 3 aromatic carbocycles. The molecule has 0 aliphatic carbocycles. The quantitative estimate of drug-likeness (QED) is 0.504. The van der Waals surface area contributed by atoms with Crippen molar-refractivity contribution in [3.8, 4) is 0 Å². The molecule has 3 fully saturated rings.